The number of carbonyl (C=O) groups is 2. The van der Waals surface area contributed by atoms with Crippen molar-refractivity contribution in [2.75, 3.05) is 19.0 Å². The van der Waals surface area contributed by atoms with E-state index in [0.29, 0.717) is 13.0 Å². The van der Waals surface area contributed by atoms with Crippen molar-refractivity contribution in [2.24, 2.45) is 0 Å². The fraction of sp³-hybridized carbons (Fsp3) is 0.385. The lowest BCUT2D eigenvalue weighted by molar-refractivity contribution is -0.139. The summed E-state index contributed by atoms with van der Waals surface area (Å²) >= 11 is 5.76. The van der Waals surface area contributed by atoms with E-state index in [4.69, 9.17) is 21.4 Å². The molecule has 0 saturated carbocycles. The van der Waals surface area contributed by atoms with Gasteiger partial charge in [-0.3, -0.25) is 0 Å². The predicted molar refractivity (Wildman–Crippen MR) is 76.1 cm³/mol. The van der Waals surface area contributed by atoms with Crippen molar-refractivity contribution >= 4 is 29.3 Å². The lowest BCUT2D eigenvalue weighted by atomic mass is 10.1. The van der Waals surface area contributed by atoms with Crippen molar-refractivity contribution in [2.45, 2.75) is 18.9 Å². The number of amides is 2. The molecule has 1 rings (SSSR count). The zero-order valence-corrected chi connectivity index (χ0v) is 12.1. The lowest BCUT2D eigenvalue weighted by Gasteiger charge is -2.15. The average molecular weight is 319 g/mol. The van der Waals surface area contributed by atoms with Crippen LogP contribution in [-0.4, -0.2) is 36.9 Å². The monoisotopic (exact) mass is 318 g/mol. The minimum atomic E-state index is -1.15. The number of urea groups is 1. The van der Waals surface area contributed by atoms with E-state index in [1.54, 1.807) is 0 Å². The third kappa shape index (κ3) is 5.97. The minimum absolute atomic E-state index is 0.0245. The fourth-order valence-electron chi connectivity index (χ4n) is 1.60. The Morgan fingerprint density at radius 2 is 2.19 bits per heavy atom. The molecule has 0 bridgehead atoms. The summed E-state index contributed by atoms with van der Waals surface area (Å²) in [4.78, 5) is 22.8. The Hall–Kier alpha value is -1.86. The Kier molecular flexibility index (Phi) is 6.90. The first kappa shape index (κ1) is 17.2. The van der Waals surface area contributed by atoms with Gasteiger partial charge in [0, 0.05) is 13.7 Å². The van der Waals surface area contributed by atoms with Crippen LogP contribution in [0.5, 0.6) is 0 Å². The maximum absolute atomic E-state index is 12.9. The number of aliphatic carboxylic acids is 1. The molecular weight excluding hydrogens is 303 g/mol. The van der Waals surface area contributed by atoms with Gasteiger partial charge in [0.1, 0.15) is 11.9 Å². The molecule has 2 amide bonds. The molecule has 0 saturated heterocycles. The highest BCUT2D eigenvalue weighted by atomic mass is 35.5. The van der Waals surface area contributed by atoms with Gasteiger partial charge in [0.25, 0.3) is 0 Å². The number of carboxylic acid groups (broad SMARTS) is 1. The molecule has 0 aliphatic carbocycles. The zero-order valence-electron chi connectivity index (χ0n) is 11.4. The Balaban J connectivity index is 2.59. The van der Waals surface area contributed by atoms with Crippen molar-refractivity contribution in [3.05, 3.63) is 29.0 Å². The number of carboxylic acids is 1. The molecule has 1 unspecified atom stereocenters. The second-order valence-corrected chi connectivity index (χ2v) is 4.66. The molecular formula is C13H16ClFN2O4. The Morgan fingerprint density at radius 3 is 2.76 bits per heavy atom. The van der Waals surface area contributed by atoms with Gasteiger partial charge in [0.15, 0.2) is 0 Å². The standard InChI is InChI=1S/C13H16ClFN2O4/c1-21-6-2-3-11(12(18)19)17-13(20)16-10-5-4-8(15)7-9(10)14/h4-5,7,11H,2-3,6H2,1H3,(H,18,19)(H2,16,17,20). The fourth-order valence-corrected chi connectivity index (χ4v) is 1.81. The maximum atomic E-state index is 12.9. The maximum Gasteiger partial charge on any atom is 0.326 e. The molecule has 1 aromatic carbocycles. The van der Waals surface area contributed by atoms with Crippen LogP contribution in [0.15, 0.2) is 18.2 Å². The molecule has 1 atom stereocenters. The number of carbonyl (C=O) groups excluding carboxylic acids is 1. The van der Waals surface area contributed by atoms with Gasteiger partial charge >= 0.3 is 12.0 Å². The number of halogens is 2. The van der Waals surface area contributed by atoms with Crippen LogP contribution in [0, 0.1) is 5.82 Å². The van der Waals surface area contributed by atoms with E-state index in [1.807, 2.05) is 0 Å². The van der Waals surface area contributed by atoms with E-state index in [1.165, 1.54) is 13.2 Å². The highest BCUT2D eigenvalue weighted by Crippen LogP contribution is 2.22. The molecule has 3 N–H and O–H groups in total. The third-order valence-electron chi connectivity index (χ3n) is 2.62. The molecule has 116 valence electrons. The number of hydrogen-bond donors (Lipinski definition) is 3. The van der Waals surface area contributed by atoms with Crippen LogP contribution in [0.4, 0.5) is 14.9 Å². The lowest BCUT2D eigenvalue weighted by Crippen LogP contribution is -2.43. The smallest absolute Gasteiger partial charge is 0.326 e. The summed E-state index contributed by atoms with van der Waals surface area (Å²) in [6, 6.07) is 1.70. The molecule has 8 heteroatoms. The van der Waals surface area contributed by atoms with Crippen LogP contribution in [0.25, 0.3) is 0 Å². The largest absolute Gasteiger partial charge is 0.480 e. The molecule has 0 radical (unpaired) electrons. The summed E-state index contributed by atoms with van der Waals surface area (Å²) in [5.74, 6) is -1.68. The number of ether oxygens (including phenoxy) is 1. The zero-order chi connectivity index (χ0) is 15.8. The Bertz CT molecular complexity index is 513. The number of nitrogens with one attached hydrogen (secondary N) is 2. The van der Waals surface area contributed by atoms with Crippen LogP contribution in [0.3, 0.4) is 0 Å². The van der Waals surface area contributed by atoms with E-state index in [9.17, 15) is 14.0 Å². The topological polar surface area (TPSA) is 87.7 Å². The van der Waals surface area contributed by atoms with E-state index in [2.05, 4.69) is 10.6 Å². The van der Waals surface area contributed by atoms with Crippen molar-refractivity contribution in [1.29, 1.82) is 0 Å². The molecule has 0 aliphatic rings. The van der Waals surface area contributed by atoms with Crippen molar-refractivity contribution in [1.82, 2.24) is 5.32 Å². The third-order valence-corrected chi connectivity index (χ3v) is 2.94. The van der Waals surface area contributed by atoms with Gasteiger partial charge in [0.05, 0.1) is 10.7 Å². The molecule has 0 spiro atoms. The Morgan fingerprint density at radius 1 is 1.48 bits per heavy atom. The summed E-state index contributed by atoms with van der Waals surface area (Å²) < 4.78 is 17.7. The molecule has 0 aliphatic heterocycles. The number of methoxy groups -OCH3 is 1. The van der Waals surface area contributed by atoms with Crippen LogP contribution < -0.4 is 10.6 Å². The highest BCUT2D eigenvalue weighted by Gasteiger charge is 2.19. The predicted octanol–water partition coefficient (Wildman–Crippen LogP) is 2.48. The van der Waals surface area contributed by atoms with Crippen molar-refractivity contribution < 1.29 is 23.8 Å². The molecule has 0 heterocycles. The molecule has 21 heavy (non-hydrogen) atoms. The van der Waals surface area contributed by atoms with Gasteiger partial charge in [0.2, 0.25) is 0 Å². The number of rotatable bonds is 7. The van der Waals surface area contributed by atoms with Gasteiger partial charge in [-0.25, -0.2) is 14.0 Å². The molecule has 1 aromatic rings. The summed E-state index contributed by atoms with van der Waals surface area (Å²) in [6.07, 6.45) is 0.721. The number of anilines is 1. The summed E-state index contributed by atoms with van der Waals surface area (Å²) in [7, 11) is 1.51. The van der Waals surface area contributed by atoms with Crippen LogP contribution in [0.2, 0.25) is 5.02 Å². The van der Waals surface area contributed by atoms with Crippen LogP contribution in [-0.2, 0) is 9.53 Å². The molecule has 0 aromatic heterocycles. The molecule has 0 fully saturated rings. The Labute approximate surface area is 126 Å². The minimum Gasteiger partial charge on any atom is -0.480 e. The van der Waals surface area contributed by atoms with E-state index < -0.39 is 23.9 Å². The first-order valence-corrected chi connectivity index (χ1v) is 6.56. The van der Waals surface area contributed by atoms with E-state index in [0.717, 1.165) is 12.1 Å². The number of hydrogen-bond acceptors (Lipinski definition) is 3. The van der Waals surface area contributed by atoms with Crippen molar-refractivity contribution in [3.63, 3.8) is 0 Å². The van der Waals surface area contributed by atoms with Gasteiger partial charge in [-0.2, -0.15) is 0 Å². The van der Waals surface area contributed by atoms with Gasteiger partial charge in [-0.05, 0) is 31.0 Å². The van der Waals surface area contributed by atoms with Crippen LogP contribution in [0.1, 0.15) is 12.8 Å². The summed E-state index contributed by atoms with van der Waals surface area (Å²) in [6.45, 7) is 0.400. The SMILES string of the molecule is COCCCC(NC(=O)Nc1ccc(F)cc1Cl)C(=O)O. The summed E-state index contributed by atoms with van der Waals surface area (Å²) in [5.41, 5.74) is 0.191. The first-order valence-electron chi connectivity index (χ1n) is 6.18. The van der Waals surface area contributed by atoms with Gasteiger partial charge in [-0.15, -0.1) is 0 Å². The van der Waals surface area contributed by atoms with Gasteiger partial charge in [-0.1, -0.05) is 11.6 Å². The quantitative estimate of drug-likeness (QED) is 0.674. The highest BCUT2D eigenvalue weighted by molar-refractivity contribution is 6.33. The number of benzene rings is 1. The van der Waals surface area contributed by atoms with E-state index in [-0.39, 0.29) is 17.1 Å². The van der Waals surface area contributed by atoms with Gasteiger partial charge < -0.3 is 20.5 Å². The van der Waals surface area contributed by atoms with Crippen molar-refractivity contribution in [3.8, 4) is 0 Å². The van der Waals surface area contributed by atoms with E-state index >= 15 is 0 Å². The summed E-state index contributed by atoms with van der Waals surface area (Å²) in [5, 5.41) is 13.7. The normalized spacial score (nSPS) is 11.8. The second-order valence-electron chi connectivity index (χ2n) is 4.25. The second kappa shape index (κ2) is 8.43. The van der Waals surface area contributed by atoms with Crippen LogP contribution >= 0.6 is 11.6 Å². The first-order chi connectivity index (χ1) is 9.93. The molecule has 6 nitrogen and oxygen atoms in total. The average Bonchev–Trinajstić information content (AvgIpc) is 2.41.